The molecule has 0 atom stereocenters. The minimum atomic E-state index is -0.350. The molecule has 8 heteroatoms. The molecule has 5 rings (SSSR count). The van der Waals surface area contributed by atoms with Crippen molar-refractivity contribution in [3.63, 3.8) is 0 Å². The summed E-state index contributed by atoms with van der Waals surface area (Å²) >= 11 is 13.6. The zero-order chi connectivity index (χ0) is 25.9. The number of ether oxygens (including phenoxy) is 2. The van der Waals surface area contributed by atoms with Crippen molar-refractivity contribution in [3.05, 3.63) is 111 Å². The fourth-order valence-corrected chi connectivity index (χ4v) is 5.34. The average molecular weight is 550 g/mol. The van der Waals surface area contributed by atoms with E-state index in [9.17, 15) is 9.59 Å². The zero-order valence-corrected chi connectivity index (χ0v) is 22.1. The summed E-state index contributed by atoms with van der Waals surface area (Å²) in [6.07, 6.45) is 1.64. The standard InChI is InChI=1S/C29H21Cl2NO4S/c1-35-25-14-19(13-24(31)27(25)36-17-22-8-4-5-9-23(22)30)15-26-28(33)32(29(34)37-26)16-18-10-11-20-6-2-3-7-21(20)12-18/h2-15H,16-17H2,1H3/b26-15-. The summed E-state index contributed by atoms with van der Waals surface area (Å²) in [6.45, 7) is 0.411. The van der Waals surface area contributed by atoms with Crippen LogP contribution in [0.25, 0.3) is 16.8 Å². The number of thioether (sulfide) groups is 1. The Hall–Kier alpha value is -3.45. The number of benzene rings is 4. The van der Waals surface area contributed by atoms with Crippen LogP contribution in [0.1, 0.15) is 16.7 Å². The van der Waals surface area contributed by atoms with E-state index in [1.165, 1.54) is 12.0 Å². The van der Waals surface area contributed by atoms with Crippen LogP contribution in [0.5, 0.6) is 11.5 Å². The first-order valence-corrected chi connectivity index (χ1v) is 13.0. The third kappa shape index (κ3) is 5.47. The van der Waals surface area contributed by atoms with Crippen LogP contribution in [0.2, 0.25) is 10.0 Å². The molecule has 1 fully saturated rings. The van der Waals surface area contributed by atoms with E-state index in [1.54, 1.807) is 24.3 Å². The second-order valence-electron chi connectivity index (χ2n) is 8.36. The maximum Gasteiger partial charge on any atom is 0.293 e. The fourth-order valence-electron chi connectivity index (χ4n) is 4.04. The normalized spacial score (nSPS) is 14.6. The van der Waals surface area contributed by atoms with Gasteiger partial charge in [0.15, 0.2) is 11.5 Å². The molecular formula is C29H21Cl2NO4S. The maximum absolute atomic E-state index is 13.1. The van der Waals surface area contributed by atoms with E-state index in [0.717, 1.165) is 33.7 Å². The number of rotatable bonds is 7. The van der Waals surface area contributed by atoms with Gasteiger partial charge < -0.3 is 9.47 Å². The molecule has 186 valence electrons. The molecule has 1 aliphatic heterocycles. The van der Waals surface area contributed by atoms with Crippen LogP contribution in [-0.4, -0.2) is 23.2 Å². The van der Waals surface area contributed by atoms with Crippen LogP contribution in [-0.2, 0) is 17.9 Å². The first kappa shape index (κ1) is 25.2. The Kier molecular flexibility index (Phi) is 7.42. The van der Waals surface area contributed by atoms with Crippen molar-refractivity contribution < 1.29 is 19.1 Å². The summed E-state index contributed by atoms with van der Waals surface area (Å²) in [7, 11) is 1.51. The van der Waals surface area contributed by atoms with Gasteiger partial charge >= 0.3 is 0 Å². The van der Waals surface area contributed by atoms with Crippen LogP contribution in [0.4, 0.5) is 4.79 Å². The smallest absolute Gasteiger partial charge is 0.293 e. The number of amides is 2. The van der Waals surface area contributed by atoms with Gasteiger partial charge in [0.05, 0.1) is 23.6 Å². The number of hydrogen-bond donors (Lipinski definition) is 0. The number of carbonyl (C=O) groups excluding carboxylic acids is 2. The molecule has 1 saturated heterocycles. The molecule has 0 unspecified atom stereocenters. The van der Waals surface area contributed by atoms with Gasteiger partial charge in [0.25, 0.3) is 11.1 Å². The van der Waals surface area contributed by atoms with Crippen molar-refractivity contribution in [2.75, 3.05) is 7.11 Å². The Bertz CT molecular complexity index is 1550. The van der Waals surface area contributed by atoms with E-state index in [1.807, 2.05) is 60.7 Å². The molecule has 0 bridgehead atoms. The molecule has 4 aromatic rings. The summed E-state index contributed by atoms with van der Waals surface area (Å²) in [5.41, 5.74) is 2.31. The van der Waals surface area contributed by atoms with Crippen molar-refractivity contribution in [2.45, 2.75) is 13.2 Å². The van der Waals surface area contributed by atoms with Gasteiger partial charge in [-0.15, -0.1) is 0 Å². The lowest BCUT2D eigenvalue weighted by molar-refractivity contribution is -0.123. The first-order chi connectivity index (χ1) is 17.9. The number of hydrogen-bond acceptors (Lipinski definition) is 5. The zero-order valence-electron chi connectivity index (χ0n) is 19.7. The van der Waals surface area contributed by atoms with Gasteiger partial charge in [-0.2, -0.15) is 0 Å². The van der Waals surface area contributed by atoms with E-state index < -0.39 is 0 Å². The highest BCUT2D eigenvalue weighted by molar-refractivity contribution is 8.18. The number of halogens is 2. The molecule has 5 nitrogen and oxygen atoms in total. The summed E-state index contributed by atoms with van der Waals surface area (Å²) in [4.78, 5) is 27.4. The van der Waals surface area contributed by atoms with Crippen molar-refractivity contribution >= 4 is 63.0 Å². The number of fused-ring (bicyclic) bond motifs is 1. The number of nitrogens with zero attached hydrogens (tertiary/aromatic N) is 1. The molecule has 0 N–H and O–H groups in total. The van der Waals surface area contributed by atoms with E-state index in [-0.39, 0.29) is 24.3 Å². The minimum absolute atomic E-state index is 0.200. The second-order valence-corrected chi connectivity index (χ2v) is 10.2. The molecular weight excluding hydrogens is 529 g/mol. The largest absolute Gasteiger partial charge is 0.493 e. The highest BCUT2D eigenvalue weighted by Crippen LogP contribution is 2.40. The van der Waals surface area contributed by atoms with Gasteiger partial charge in [0.2, 0.25) is 0 Å². The average Bonchev–Trinajstić information content (AvgIpc) is 3.15. The van der Waals surface area contributed by atoms with Crippen molar-refractivity contribution in [2.24, 2.45) is 0 Å². The van der Waals surface area contributed by atoms with Crippen molar-refractivity contribution in [1.82, 2.24) is 4.90 Å². The van der Waals surface area contributed by atoms with Gasteiger partial charge in [-0.1, -0.05) is 77.8 Å². The molecule has 0 radical (unpaired) electrons. The summed E-state index contributed by atoms with van der Waals surface area (Å²) < 4.78 is 11.4. The van der Waals surface area contributed by atoms with E-state index in [2.05, 4.69) is 0 Å². The van der Waals surface area contributed by atoms with Crippen LogP contribution in [0.3, 0.4) is 0 Å². The van der Waals surface area contributed by atoms with Crippen LogP contribution in [0, 0.1) is 0 Å². The highest BCUT2D eigenvalue weighted by atomic mass is 35.5. The maximum atomic E-state index is 13.1. The number of carbonyl (C=O) groups is 2. The van der Waals surface area contributed by atoms with Gasteiger partial charge in [-0.3, -0.25) is 14.5 Å². The van der Waals surface area contributed by atoms with Crippen molar-refractivity contribution in [1.29, 1.82) is 0 Å². The predicted octanol–water partition coefficient (Wildman–Crippen LogP) is 7.97. The summed E-state index contributed by atoms with van der Waals surface area (Å²) in [6, 6.07) is 24.6. The fraction of sp³-hybridized carbons (Fsp3) is 0.103. The quantitative estimate of drug-likeness (QED) is 0.219. The Morgan fingerprint density at radius 3 is 2.43 bits per heavy atom. The third-order valence-electron chi connectivity index (χ3n) is 5.91. The molecule has 1 heterocycles. The Labute approximate surface area is 228 Å². The van der Waals surface area contributed by atoms with Crippen molar-refractivity contribution in [3.8, 4) is 11.5 Å². The van der Waals surface area contributed by atoms with E-state index in [0.29, 0.717) is 32.0 Å². The summed E-state index contributed by atoms with van der Waals surface area (Å²) in [5.74, 6) is 0.420. The first-order valence-electron chi connectivity index (χ1n) is 11.4. The summed E-state index contributed by atoms with van der Waals surface area (Å²) in [5, 5.41) is 2.75. The molecule has 0 saturated carbocycles. The SMILES string of the molecule is COc1cc(/C=C2\SC(=O)N(Cc3ccc4ccccc4c3)C2=O)cc(Cl)c1OCc1ccccc1Cl. The van der Waals surface area contributed by atoms with Gasteiger partial charge in [0.1, 0.15) is 6.61 Å². The van der Waals surface area contributed by atoms with Crippen LogP contribution in [0.15, 0.2) is 83.8 Å². The molecule has 4 aromatic carbocycles. The lowest BCUT2D eigenvalue weighted by Crippen LogP contribution is -2.27. The Balaban J connectivity index is 1.35. The Morgan fingerprint density at radius 2 is 1.65 bits per heavy atom. The molecule has 0 spiro atoms. The van der Waals surface area contributed by atoms with E-state index in [4.69, 9.17) is 32.7 Å². The lowest BCUT2D eigenvalue weighted by Gasteiger charge is -2.14. The number of imide groups is 1. The van der Waals surface area contributed by atoms with Crippen LogP contribution >= 0.6 is 35.0 Å². The molecule has 1 aliphatic rings. The van der Waals surface area contributed by atoms with Gasteiger partial charge in [-0.05, 0) is 64.0 Å². The van der Waals surface area contributed by atoms with E-state index >= 15 is 0 Å². The third-order valence-corrected chi connectivity index (χ3v) is 7.46. The minimum Gasteiger partial charge on any atom is -0.493 e. The van der Waals surface area contributed by atoms with Crippen LogP contribution < -0.4 is 9.47 Å². The monoisotopic (exact) mass is 549 g/mol. The van der Waals surface area contributed by atoms with Gasteiger partial charge in [-0.25, -0.2) is 0 Å². The highest BCUT2D eigenvalue weighted by Gasteiger charge is 2.35. The predicted molar refractivity (Wildman–Crippen MR) is 149 cm³/mol. The molecule has 0 aromatic heterocycles. The second kappa shape index (κ2) is 10.9. The topological polar surface area (TPSA) is 55.8 Å². The van der Waals surface area contributed by atoms with Gasteiger partial charge in [0, 0.05) is 10.6 Å². The number of methoxy groups -OCH3 is 1. The molecule has 0 aliphatic carbocycles. The lowest BCUT2D eigenvalue weighted by atomic mass is 10.1. The Morgan fingerprint density at radius 1 is 0.892 bits per heavy atom. The molecule has 2 amide bonds. The molecule has 37 heavy (non-hydrogen) atoms.